The van der Waals surface area contributed by atoms with Gasteiger partial charge in [0.1, 0.15) is 11.9 Å². The number of thioether (sulfide) groups is 1. The van der Waals surface area contributed by atoms with Crippen LogP contribution in [-0.4, -0.2) is 10.9 Å². The predicted molar refractivity (Wildman–Crippen MR) is 61.1 cm³/mol. The zero-order valence-electron chi connectivity index (χ0n) is 8.58. The lowest BCUT2D eigenvalue weighted by Gasteiger charge is -1.93. The normalized spacial score (nSPS) is 8.81. The Balaban J connectivity index is 2.72. The van der Waals surface area contributed by atoms with Gasteiger partial charge < -0.3 is 0 Å². The maximum atomic E-state index is 13.1. The summed E-state index contributed by atoms with van der Waals surface area (Å²) < 4.78 is 13.1. The van der Waals surface area contributed by atoms with Crippen molar-refractivity contribution in [2.45, 2.75) is 6.92 Å². The van der Waals surface area contributed by atoms with Crippen molar-refractivity contribution in [2.75, 3.05) is 5.75 Å². The summed E-state index contributed by atoms with van der Waals surface area (Å²) in [6, 6.07) is 5.91. The molecule has 0 saturated carbocycles. The highest BCUT2D eigenvalue weighted by Crippen LogP contribution is 2.08. The molecule has 16 heavy (non-hydrogen) atoms. The maximum Gasteiger partial charge on any atom is 0.186 e. The first kappa shape index (κ1) is 12.3. The molecule has 0 N–H and O–H groups in total. The highest BCUT2D eigenvalue weighted by atomic mass is 32.2. The second-order valence-electron chi connectivity index (χ2n) is 2.89. The molecule has 0 saturated heterocycles. The van der Waals surface area contributed by atoms with Crippen molar-refractivity contribution >= 4 is 16.9 Å². The summed E-state index contributed by atoms with van der Waals surface area (Å²) in [7, 11) is 0. The number of carbonyl (C=O) groups excluding carboxylic acids is 1. The molecule has 0 atom stereocenters. The van der Waals surface area contributed by atoms with E-state index in [0.29, 0.717) is 11.3 Å². The molecule has 0 unspecified atom stereocenters. The fourth-order valence-corrected chi connectivity index (χ4v) is 1.31. The van der Waals surface area contributed by atoms with Crippen molar-refractivity contribution in [1.29, 1.82) is 5.26 Å². The average molecular weight is 233 g/mol. The summed E-state index contributed by atoms with van der Waals surface area (Å²) in [5.41, 5.74) is 0.504. The van der Waals surface area contributed by atoms with E-state index in [1.165, 1.54) is 19.1 Å². The molecule has 4 heteroatoms. The lowest BCUT2D eigenvalue weighted by atomic mass is 10.1. The van der Waals surface area contributed by atoms with Gasteiger partial charge in [0.15, 0.2) is 5.12 Å². The summed E-state index contributed by atoms with van der Waals surface area (Å²) in [6.45, 7) is 1.47. The van der Waals surface area contributed by atoms with Gasteiger partial charge in [-0.05, 0) is 18.2 Å². The van der Waals surface area contributed by atoms with Crippen LogP contribution in [0.3, 0.4) is 0 Å². The molecule has 1 aromatic rings. The maximum absolute atomic E-state index is 13.1. The van der Waals surface area contributed by atoms with Gasteiger partial charge in [0, 0.05) is 12.5 Å². The molecule has 0 spiro atoms. The van der Waals surface area contributed by atoms with E-state index in [9.17, 15) is 9.18 Å². The van der Waals surface area contributed by atoms with Gasteiger partial charge in [-0.25, -0.2) is 4.39 Å². The Kier molecular flexibility index (Phi) is 4.57. The third kappa shape index (κ3) is 3.76. The standard InChI is InChI=1S/C12H8FNOS/c1-9(15)16-6-2-3-10-4-5-11(8-14)12(13)7-10/h4-5,7H,6H2,1H3. The molecular formula is C12H8FNOS. The highest BCUT2D eigenvalue weighted by molar-refractivity contribution is 8.13. The number of hydrogen-bond donors (Lipinski definition) is 0. The minimum Gasteiger partial charge on any atom is -0.288 e. The van der Waals surface area contributed by atoms with E-state index in [0.717, 1.165) is 11.8 Å². The van der Waals surface area contributed by atoms with Gasteiger partial charge in [-0.1, -0.05) is 23.6 Å². The Hall–Kier alpha value is -1.78. The van der Waals surface area contributed by atoms with Crippen molar-refractivity contribution in [3.8, 4) is 17.9 Å². The third-order valence-corrected chi connectivity index (χ3v) is 2.37. The second kappa shape index (κ2) is 5.95. The minimum absolute atomic E-state index is 0.000286. The van der Waals surface area contributed by atoms with Gasteiger partial charge in [-0.3, -0.25) is 4.79 Å². The Bertz CT molecular complexity index is 508. The summed E-state index contributed by atoms with van der Waals surface area (Å²) in [5, 5.41) is 8.52. The monoisotopic (exact) mass is 233 g/mol. The van der Waals surface area contributed by atoms with Crippen molar-refractivity contribution in [1.82, 2.24) is 0 Å². The molecule has 0 bridgehead atoms. The molecule has 0 heterocycles. The van der Waals surface area contributed by atoms with Gasteiger partial charge in [-0.2, -0.15) is 5.26 Å². The lowest BCUT2D eigenvalue weighted by molar-refractivity contribution is -0.109. The van der Waals surface area contributed by atoms with Gasteiger partial charge in [-0.15, -0.1) is 0 Å². The number of hydrogen-bond acceptors (Lipinski definition) is 3. The molecule has 1 aromatic carbocycles. The molecule has 0 aliphatic heterocycles. The van der Waals surface area contributed by atoms with Crippen LogP contribution in [0.5, 0.6) is 0 Å². The Morgan fingerprint density at radius 2 is 2.31 bits per heavy atom. The molecule has 0 aliphatic rings. The average Bonchev–Trinajstić information content (AvgIpc) is 2.24. The van der Waals surface area contributed by atoms with E-state index in [-0.39, 0.29) is 10.7 Å². The fourth-order valence-electron chi connectivity index (χ4n) is 0.959. The van der Waals surface area contributed by atoms with Crippen LogP contribution in [-0.2, 0) is 4.79 Å². The molecular weight excluding hydrogens is 225 g/mol. The van der Waals surface area contributed by atoms with Crippen LogP contribution in [0.2, 0.25) is 0 Å². The number of rotatable bonds is 1. The zero-order valence-corrected chi connectivity index (χ0v) is 9.40. The molecule has 0 aliphatic carbocycles. The van der Waals surface area contributed by atoms with Crippen LogP contribution in [0.4, 0.5) is 4.39 Å². The molecule has 2 nitrogen and oxygen atoms in total. The quantitative estimate of drug-likeness (QED) is 0.699. The van der Waals surface area contributed by atoms with Crippen LogP contribution in [0.15, 0.2) is 18.2 Å². The highest BCUT2D eigenvalue weighted by Gasteiger charge is 2.00. The number of carbonyl (C=O) groups is 1. The van der Waals surface area contributed by atoms with E-state index in [1.807, 2.05) is 0 Å². The Labute approximate surface area is 97.5 Å². The topological polar surface area (TPSA) is 40.9 Å². The van der Waals surface area contributed by atoms with E-state index in [4.69, 9.17) is 5.26 Å². The number of nitrogens with zero attached hydrogens (tertiary/aromatic N) is 1. The minimum atomic E-state index is -0.575. The van der Waals surface area contributed by atoms with Crippen LogP contribution < -0.4 is 0 Å². The fraction of sp³-hybridized carbons (Fsp3) is 0.167. The zero-order chi connectivity index (χ0) is 12.0. The SMILES string of the molecule is CC(=O)SCC#Cc1ccc(C#N)c(F)c1. The van der Waals surface area contributed by atoms with Crippen molar-refractivity contribution in [2.24, 2.45) is 0 Å². The number of halogens is 1. The number of benzene rings is 1. The predicted octanol–water partition coefficient (Wildman–Crippen LogP) is 2.33. The van der Waals surface area contributed by atoms with E-state index in [1.54, 1.807) is 12.1 Å². The Morgan fingerprint density at radius 3 is 2.88 bits per heavy atom. The van der Waals surface area contributed by atoms with Gasteiger partial charge >= 0.3 is 0 Å². The Morgan fingerprint density at radius 1 is 1.56 bits per heavy atom. The summed E-state index contributed by atoms with van der Waals surface area (Å²) >= 11 is 1.10. The molecule has 80 valence electrons. The van der Waals surface area contributed by atoms with Crippen molar-refractivity contribution < 1.29 is 9.18 Å². The third-order valence-electron chi connectivity index (χ3n) is 1.67. The molecule has 0 fully saturated rings. The van der Waals surface area contributed by atoms with Crippen LogP contribution in [0, 0.1) is 29.0 Å². The first-order chi connectivity index (χ1) is 7.63. The van der Waals surface area contributed by atoms with E-state index < -0.39 is 5.82 Å². The second-order valence-corrected chi connectivity index (χ2v) is 4.04. The number of nitriles is 1. The molecule has 0 radical (unpaired) electrons. The first-order valence-electron chi connectivity index (χ1n) is 4.45. The molecule has 0 amide bonds. The largest absolute Gasteiger partial charge is 0.288 e. The lowest BCUT2D eigenvalue weighted by Crippen LogP contribution is -1.86. The molecule has 0 aromatic heterocycles. The van der Waals surface area contributed by atoms with Crippen LogP contribution >= 0.6 is 11.8 Å². The van der Waals surface area contributed by atoms with Crippen LogP contribution in [0.1, 0.15) is 18.1 Å². The van der Waals surface area contributed by atoms with Gasteiger partial charge in [0.05, 0.1) is 11.3 Å². The van der Waals surface area contributed by atoms with Crippen molar-refractivity contribution in [3.63, 3.8) is 0 Å². The van der Waals surface area contributed by atoms with Crippen LogP contribution in [0.25, 0.3) is 0 Å². The first-order valence-corrected chi connectivity index (χ1v) is 5.44. The van der Waals surface area contributed by atoms with E-state index >= 15 is 0 Å². The van der Waals surface area contributed by atoms with Crippen molar-refractivity contribution in [3.05, 3.63) is 35.1 Å². The van der Waals surface area contributed by atoms with Gasteiger partial charge in [0.25, 0.3) is 0 Å². The van der Waals surface area contributed by atoms with E-state index in [2.05, 4.69) is 11.8 Å². The summed E-state index contributed by atoms with van der Waals surface area (Å²) in [5.74, 6) is 5.27. The van der Waals surface area contributed by atoms with Gasteiger partial charge in [0.2, 0.25) is 0 Å². The smallest absolute Gasteiger partial charge is 0.186 e. The summed E-state index contributed by atoms with van der Waals surface area (Å²) in [4.78, 5) is 10.6. The summed E-state index contributed by atoms with van der Waals surface area (Å²) in [6.07, 6.45) is 0. The molecule has 1 rings (SSSR count).